The monoisotopic (exact) mass is 339 g/mol. The molecule has 0 amide bonds. The lowest BCUT2D eigenvalue weighted by Crippen LogP contribution is -2.33. The third kappa shape index (κ3) is 2.78. The van der Waals surface area contributed by atoms with Gasteiger partial charge in [0, 0.05) is 31.5 Å². The minimum atomic E-state index is -0.168. The molecule has 2 saturated heterocycles. The van der Waals surface area contributed by atoms with Crippen molar-refractivity contribution in [2.45, 2.75) is 24.9 Å². The van der Waals surface area contributed by atoms with Crippen LogP contribution in [-0.4, -0.2) is 37.2 Å². The maximum absolute atomic E-state index is 13.3. The van der Waals surface area contributed by atoms with Crippen LogP contribution in [0.4, 0.5) is 4.39 Å². The average Bonchev–Trinajstić information content (AvgIpc) is 3.21. The summed E-state index contributed by atoms with van der Waals surface area (Å²) in [6.07, 6.45) is 2.28. The van der Waals surface area contributed by atoms with Crippen LogP contribution < -0.4 is 9.47 Å². The second-order valence-corrected chi connectivity index (χ2v) is 7.39. The van der Waals surface area contributed by atoms with E-state index in [1.165, 1.54) is 11.1 Å². The summed E-state index contributed by atoms with van der Waals surface area (Å²) in [6, 6.07) is 13.2. The molecule has 3 nitrogen and oxygen atoms in total. The van der Waals surface area contributed by atoms with Gasteiger partial charge in [-0.2, -0.15) is 0 Å². The lowest BCUT2D eigenvalue weighted by molar-refractivity contribution is 0.156. The predicted molar refractivity (Wildman–Crippen MR) is 93.7 cm³/mol. The van der Waals surface area contributed by atoms with Crippen LogP contribution in [0.3, 0.4) is 0 Å². The fraction of sp³-hybridized carbons (Fsp3) is 0.429. The van der Waals surface area contributed by atoms with E-state index in [-0.39, 0.29) is 11.9 Å². The molecule has 4 heteroatoms. The van der Waals surface area contributed by atoms with Gasteiger partial charge in [0.25, 0.3) is 0 Å². The van der Waals surface area contributed by atoms with Gasteiger partial charge >= 0.3 is 0 Å². The highest BCUT2D eigenvalue weighted by Crippen LogP contribution is 2.41. The summed E-state index contributed by atoms with van der Waals surface area (Å²) in [6.45, 7) is 3.89. The molecule has 0 spiro atoms. The fourth-order valence-electron chi connectivity index (χ4n) is 4.63. The van der Waals surface area contributed by atoms with Gasteiger partial charge in [-0.15, -0.1) is 0 Å². The van der Waals surface area contributed by atoms with Crippen molar-refractivity contribution in [1.29, 1.82) is 0 Å². The van der Waals surface area contributed by atoms with Crippen molar-refractivity contribution in [2.24, 2.45) is 5.92 Å². The Morgan fingerprint density at radius 2 is 1.96 bits per heavy atom. The summed E-state index contributed by atoms with van der Waals surface area (Å²) in [7, 11) is 0. The summed E-state index contributed by atoms with van der Waals surface area (Å²) in [5, 5.41) is 0. The van der Waals surface area contributed by atoms with Crippen molar-refractivity contribution in [3.05, 3.63) is 59.4 Å². The Balaban J connectivity index is 1.37. The highest BCUT2D eigenvalue weighted by molar-refractivity contribution is 5.43. The second-order valence-electron chi connectivity index (χ2n) is 7.39. The van der Waals surface area contributed by atoms with Gasteiger partial charge in [0.1, 0.15) is 23.4 Å². The van der Waals surface area contributed by atoms with Gasteiger partial charge in [0.05, 0.1) is 6.61 Å². The Bertz CT molecular complexity index is 776. The Labute approximate surface area is 147 Å². The fourth-order valence-corrected chi connectivity index (χ4v) is 4.63. The lowest BCUT2D eigenvalue weighted by Gasteiger charge is -2.32. The molecule has 3 aliphatic rings. The van der Waals surface area contributed by atoms with Crippen LogP contribution in [0.25, 0.3) is 0 Å². The molecule has 0 aromatic heterocycles. The molecule has 0 saturated carbocycles. The molecule has 0 radical (unpaired) electrons. The van der Waals surface area contributed by atoms with E-state index in [0.29, 0.717) is 11.8 Å². The summed E-state index contributed by atoms with van der Waals surface area (Å²) >= 11 is 0. The maximum atomic E-state index is 13.3. The van der Waals surface area contributed by atoms with Crippen LogP contribution in [0.2, 0.25) is 0 Å². The van der Waals surface area contributed by atoms with Gasteiger partial charge in [-0.3, -0.25) is 4.90 Å². The first-order valence-corrected chi connectivity index (χ1v) is 9.16. The first kappa shape index (κ1) is 15.2. The molecule has 130 valence electrons. The Morgan fingerprint density at radius 1 is 1.08 bits per heavy atom. The molecule has 5 rings (SSSR count). The summed E-state index contributed by atoms with van der Waals surface area (Å²) in [5.74, 6) is 2.59. The number of halogens is 1. The summed E-state index contributed by atoms with van der Waals surface area (Å²) in [5.41, 5.74) is 2.50. The van der Waals surface area contributed by atoms with Gasteiger partial charge in [0.15, 0.2) is 0 Å². The molecular weight excluding hydrogens is 317 g/mol. The molecule has 4 unspecified atom stereocenters. The number of rotatable bonds is 3. The largest absolute Gasteiger partial charge is 0.493 e. The van der Waals surface area contributed by atoms with E-state index < -0.39 is 0 Å². The van der Waals surface area contributed by atoms with E-state index in [1.54, 1.807) is 12.1 Å². The zero-order valence-corrected chi connectivity index (χ0v) is 14.2. The molecule has 3 aliphatic heterocycles. The molecule has 0 N–H and O–H groups in total. The van der Waals surface area contributed by atoms with Crippen LogP contribution >= 0.6 is 0 Å². The standard InChI is InChI=1S/C21H22FNO2/c22-16-4-1-14(2-5-16)18-7-9-23-12-19(18)21(13-23)25-17-6-3-15-8-10-24-20(15)11-17/h1-6,11,18-19,21H,7-10,12-13H2. The third-order valence-electron chi connectivity index (χ3n) is 5.91. The normalized spacial score (nSPS) is 30.0. The van der Waals surface area contributed by atoms with Crippen molar-refractivity contribution in [1.82, 2.24) is 4.90 Å². The van der Waals surface area contributed by atoms with Crippen molar-refractivity contribution in [3.63, 3.8) is 0 Å². The van der Waals surface area contributed by atoms with Gasteiger partial charge < -0.3 is 9.47 Å². The Morgan fingerprint density at radius 3 is 2.84 bits per heavy atom. The molecule has 25 heavy (non-hydrogen) atoms. The van der Waals surface area contributed by atoms with E-state index in [1.807, 2.05) is 18.2 Å². The number of nitrogens with zero attached hydrogens (tertiary/aromatic N) is 1. The van der Waals surface area contributed by atoms with Crippen LogP contribution in [-0.2, 0) is 6.42 Å². The van der Waals surface area contributed by atoms with E-state index in [4.69, 9.17) is 9.47 Å². The Hall–Kier alpha value is -2.07. The summed E-state index contributed by atoms with van der Waals surface area (Å²) in [4.78, 5) is 2.49. The molecule has 4 atom stereocenters. The quantitative estimate of drug-likeness (QED) is 0.852. The van der Waals surface area contributed by atoms with Crippen molar-refractivity contribution < 1.29 is 13.9 Å². The van der Waals surface area contributed by atoms with Crippen LogP contribution in [0.1, 0.15) is 23.5 Å². The van der Waals surface area contributed by atoms with Crippen molar-refractivity contribution in [3.8, 4) is 11.5 Å². The van der Waals surface area contributed by atoms with Crippen LogP contribution in [0, 0.1) is 11.7 Å². The molecule has 3 heterocycles. The molecule has 0 aliphatic carbocycles. The van der Waals surface area contributed by atoms with Gasteiger partial charge in [0.2, 0.25) is 0 Å². The van der Waals surface area contributed by atoms with Crippen molar-refractivity contribution in [2.75, 3.05) is 26.2 Å². The minimum Gasteiger partial charge on any atom is -0.493 e. The van der Waals surface area contributed by atoms with Gasteiger partial charge in [-0.1, -0.05) is 18.2 Å². The number of ether oxygens (including phenoxy) is 2. The van der Waals surface area contributed by atoms with Gasteiger partial charge in [-0.05, 0) is 48.2 Å². The van der Waals surface area contributed by atoms with Crippen LogP contribution in [0.5, 0.6) is 11.5 Å². The number of piperidine rings is 1. The van der Waals surface area contributed by atoms with Crippen LogP contribution in [0.15, 0.2) is 42.5 Å². The number of hydrogen-bond donors (Lipinski definition) is 0. The van der Waals surface area contributed by atoms with E-state index >= 15 is 0 Å². The van der Waals surface area contributed by atoms with E-state index in [0.717, 1.165) is 50.6 Å². The third-order valence-corrected chi connectivity index (χ3v) is 5.91. The van der Waals surface area contributed by atoms with E-state index in [9.17, 15) is 4.39 Å². The number of benzene rings is 2. The topological polar surface area (TPSA) is 21.7 Å². The SMILES string of the molecule is Fc1ccc(C2CCN3CC(Oc4ccc5c(c4)OCC5)C2C3)cc1. The first-order chi connectivity index (χ1) is 12.3. The zero-order valence-electron chi connectivity index (χ0n) is 14.2. The Kier molecular flexibility index (Phi) is 3.66. The van der Waals surface area contributed by atoms with Gasteiger partial charge in [-0.25, -0.2) is 4.39 Å². The van der Waals surface area contributed by atoms with Crippen molar-refractivity contribution >= 4 is 0 Å². The number of fused-ring (bicyclic) bond motifs is 3. The highest BCUT2D eigenvalue weighted by atomic mass is 19.1. The molecule has 2 bridgehead atoms. The second kappa shape index (κ2) is 6.03. The molecule has 2 aromatic rings. The average molecular weight is 339 g/mol. The predicted octanol–water partition coefficient (Wildman–Crippen LogP) is 3.63. The molecule has 2 aromatic carbocycles. The molecular formula is C21H22FNO2. The first-order valence-electron chi connectivity index (χ1n) is 9.16. The van der Waals surface area contributed by atoms with E-state index in [2.05, 4.69) is 17.0 Å². The minimum absolute atomic E-state index is 0.168. The molecule has 2 fully saturated rings. The highest BCUT2D eigenvalue weighted by Gasteiger charge is 2.43. The maximum Gasteiger partial charge on any atom is 0.126 e. The summed E-state index contributed by atoms with van der Waals surface area (Å²) < 4.78 is 25.3. The lowest BCUT2D eigenvalue weighted by atomic mass is 9.80. The zero-order chi connectivity index (χ0) is 16.8. The smallest absolute Gasteiger partial charge is 0.126 e. The number of hydrogen-bond acceptors (Lipinski definition) is 3.